The molecule has 1 rings (SSSR count). The highest BCUT2D eigenvalue weighted by atomic mass is 79.9. The molecule has 0 bridgehead atoms. The van der Waals surface area contributed by atoms with Gasteiger partial charge >= 0.3 is 12.1 Å². The highest BCUT2D eigenvalue weighted by Crippen LogP contribution is 2.43. The summed E-state index contributed by atoms with van der Waals surface area (Å²) in [5, 5.41) is 0.408. The normalized spacial score (nSPS) is 12.9. The standard InChI is InChI=1S/C9H6BrF5/c10-5-6-1-3-7(4-2-6)8(11,12)9(13,14)15/h1-4H,5H2. The Morgan fingerprint density at radius 1 is 0.933 bits per heavy atom. The van der Waals surface area contributed by atoms with Crippen LogP contribution in [0.3, 0.4) is 0 Å². The van der Waals surface area contributed by atoms with Crippen molar-refractivity contribution in [1.82, 2.24) is 0 Å². The molecule has 0 atom stereocenters. The summed E-state index contributed by atoms with van der Waals surface area (Å²) >= 11 is 3.06. The highest BCUT2D eigenvalue weighted by molar-refractivity contribution is 9.08. The molecule has 0 aromatic heterocycles. The second kappa shape index (κ2) is 4.08. The smallest absolute Gasteiger partial charge is 0.191 e. The van der Waals surface area contributed by atoms with Crippen LogP contribution < -0.4 is 0 Å². The Labute approximate surface area is 91.2 Å². The van der Waals surface area contributed by atoms with E-state index in [4.69, 9.17) is 0 Å². The summed E-state index contributed by atoms with van der Waals surface area (Å²) in [4.78, 5) is 0. The van der Waals surface area contributed by atoms with Crippen molar-refractivity contribution in [2.45, 2.75) is 17.4 Å². The predicted molar refractivity (Wildman–Crippen MR) is 49.0 cm³/mol. The van der Waals surface area contributed by atoms with E-state index in [-0.39, 0.29) is 0 Å². The van der Waals surface area contributed by atoms with E-state index >= 15 is 0 Å². The number of benzene rings is 1. The van der Waals surface area contributed by atoms with Crippen molar-refractivity contribution in [3.8, 4) is 0 Å². The topological polar surface area (TPSA) is 0 Å². The van der Waals surface area contributed by atoms with E-state index in [1.807, 2.05) is 0 Å². The molecule has 6 heteroatoms. The first-order valence-electron chi connectivity index (χ1n) is 3.89. The molecular formula is C9H6BrF5. The zero-order valence-electron chi connectivity index (χ0n) is 7.28. The average Bonchev–Trinajstić information content (AvgIpc) is 2.16. The Morgan fingerprint density at radius 3 is 1.73 bits per heavy atom. The summed E-state index contributed by atoms with van der Waals surface area (Å²) in [6.45, 7) is 0. The van der Waals surface area contributed by atoms with Crippen molar-refractivity contribution in [2.75, 3.05) is 0 Å². The molecule has 1 aromatic rings. The van der Waals surface area contributed by atoms with Crippen molar-refractivity contribution in [3.05, 3.63) is 35.4 Å². The van der Waals surface area contributed by atoms with Crippen molar-refractivity contribution in [3.63, 3.8) is 0 Å². The third kappa shape index (κ3) is 2.48. The van der Waals surface area contributed by atoms with Gasteiger partial charge in [0.05, 0.1) is 0 Å². The molecule has 0 amide bonds. The SMILES string of the molecule is FC(F)(F)C(F)(F)c1ccc(CBr)cc1. The molecule has 0 aliphatic rings. The van der Waals surface area contributed by atoms with Crippen LogP contribution in [0.2, 0.25) is 0 Å². The molecule has 0 spiro atoms. The molecule has 0 N–H and O–H groups in total. The van der Waals surface area contributed by atoms with Crippen LogP contribution in [-0.4, -0.2) is 6.18 Å². The Morgan fingerprint density at radius 2 is 1.40 bits per heavy atom. The van der Waals surface area contributed by atoms with E-state index in [2.05, 4.69) is 15.9 Å². The largest absolute Gasteiger partial charge is 0.458 e. The molecule has 84 valence electrons. The van der Waals surface area contributed by atoms with E-state index < -0.39 is 17.7 Å². The zero-order valence-corrected chi connectivity index (χ0v) is 8.87. The van der Waals surface area contributed by atoms with Gasteiger partial charge in [-0.25, -0.2) is 0 Å². The van der Waals surface area contributed by atoms with Crippen LogP contribution >= 0.6 is 15.9 Å². The molecular weight excluding hydrogens is 283 g/mol. The van der Waals surface area contributed by atoms with Gasteiger partial charge in [0, 0.05) is 10.9 Å². The summed E-state index contributed by atoms with van der Waals surface area (Å²) < 4.78 is 61.4. The van der Waals surface area contributed by atoms with Crippen LogP contribution in [0.4, 0.5) is 22.0 Å². The van der Waals surface area contributed by atoms with Crippen LogP contribution in [0.15, 0.2) is 24.3 Å². The summed E-state index contributed by atoms with van der Waals surface area (Å²) in [5.74, 6) is -4.79. The van der Waals surface area contributed by atoms with Gasteiger partial charge in [0.1, 0.15) is 0 Å². The summed E-state index contributed by atoms with van der Waals surface area (Å²) in [5.41, 5.74) is -0.406. The lowest BCUT2D eigenvalue weighted by molar-refractivity contribution is -0.289. The second-order valence-electron chi connectivity index (χ2n) is 2.90. The Bertz CT molecular complexity index is 327. The molecule has 0 fully saturated rings. The van der Waals surface area contributed by atoms with Gasteiger partial charge in [0.15, 0.2) is 0 Å². The van der Waals surface area contributed by atoms with Crippen molar-refractivity contribution in [1.29, 1.82) is 0 Å². The zero-order chi connectivity index (χ0) is 11.7. The summed E-state index contributed by atoms with van der Waals surface area (Å²) in [6, 6.07) is 4.02. The molecule has 0 nitrogen and oxygen atoms in total. The van der Waals surface area contributed by atoms with Gasteiger partial charge in [-0.15, -0.1) is 0 Å². The molecule has 0 unspecified atom stereocenters. The monoisotopic (exact) mass is 288 g/mol. The number of halogens is 6. The minimum Gasteiger partial charge on any atom is -0.191 e. The highest BCUT2D eigenvalue weighted by Gasteiger charge is 2.58. The first-order chi connectivity index (χ1) is 6.79. The molecule has 0 radical (unpaired) electrons. The lowest BCUT2D eigenvalue weighted by Crippen LogP contribution is -2.33. The van der Waals surface area contributed by atoms with E-state index in [0.717, 1.165) is 12.1 Å². The minimum absolute atomic E-state index is 0.408. The van der Waals surface area contributed by atoms with Gasteiger partial charge in [0.2, 0.25) is 0 Å². The van der Waals surface area contributed by atoms with E-state index in [9.17, 15) is 22.0 Å². The number of hydrogen-bond acceptors (Lipinski definition) is 0. The fourth-order valence-corrected chi connectivity index (χ4v) is 1.34. The van der Waals surface area contributed by atoms with Gasteiger partial charge in [-0.2, -0.15) is 22.0 Å². The van der Waals surface area contributed by atoms with Gasteiger partial charge in [-0.1, -0.05) is 40.2 Å². The van der Waals surface area contributed by atoms with Gasteiger partial charge in [0.25, 0.3) is 0 Å². The average molecular weight is 289 g/mol. The van der Waals surface area contributed by atoms with E-state index in [1.165, 1.54) is 12.1 Å². The molecule has 0 saturated heterocycles. The Hall–Kier alpha value is -0.650. The Kier molecular flexibility index (Phi) is 3.38. The molecule has 15 heavy (non-hydrogen) atoms. The molecule has 0 heterocycles. The van der Waals surface area contributed by atoms with Crippen LogP contribution in [-0.2, 0) is 11.3 Å². The fourth-order valence-electron chi connectivity index (χ4n) is 0.967. The van der Waals surface area contributed by atoms with E-state index in [0.29, 0.717) is 10.9 Å². The first kappa shape index (κ1) is 12.4. The van der Waals surface area contributed by atoms with Crippen LogP contribution in [0, 0.1) is 0 Å². The number of rotatable bonds is 2. The third-order valence-corrected chi connectivity index (χ3v) is 2.47. The van der Waals surface area contributed by atoms with Crippen molar-refractivity contribution >= 4 is 15.9 Å². The van der Waals surface area contributed by atoms with E-state index in [1.54, 1.807) is 0 Å². The molecule has 1 aromatic carbocycles. The number of alkyl halides is 6. The van der Waals surface area contributed by atoms with Gasteiger partial charge in [-0.3, -0.25) is 0 Å². The van der Waals surface area contributed by atoms with Gasteiger partial charge in [-0.05, 0) is 5.56 Å². The van der Waals surface area contributed by atoms with Crippen LogP contribution in [0.1, 0.15) is 11.1 Å². The lowest BCUT2D eigenvalue weighted by Gasteiger charge is -2.19. The van der Waals surface area contributed by atoms with Crippen LogP contribution in [0.5, 0.6) is 0 Å². The minimum atomic E-state index is -5.55. The van der Waals surface area contributed by atoms with Crippen LogP contribution in [0.25, 0.3) is 0 Å². The second-order valence-corrected chi connectivity index (χ2v) is 3.46. The van der Waals surface area contributed by atoms with Gasteiger partial charge < -0.3 is 0 Å². The fraction of sp³-hybridized carbons (Fsp3) is 0.333. The molecule has 0 aliphatic carbocycles. The lowest BCUT2D eigenvalue weighted by atomic mass is 10.1. The predicted octanol–water partition coefficient (Wildman–Crippen LogP) is 4.24. The quantitative estimate of drug-likeness (QED) is 0.564. The summed E-state index contributed by atoms with van der Waals surface area (Å²) in [7, 11) is 0. The first-order valence-corrected chi connectivity index (χ1v) is 5.01. The maximum Gasteiger partial charge on any atom is 0.458 e. The number of hydrogen-bond donors (Lipinski definition) is 0. The third-order valence-electron chi connectivity index (χ3n) is 1.83. The van der Waals surface area contributed by atoms with Crippen molar-refractivity contribution in [2.24, 2.45) is 0 Å². The maximum atomic E-state index is 12.8. The summed E-state index contributed by atoms with van der Waals surface area (Å²) in [6.07, 6.45) is -5.55. The maximum absolute atomic E-state index is 12.8. The molecule has 0 aliphatic heterocycles. The Balaban J connectivity index is 3.06. The van der Waals surface area contributed by atoms with Crippen molar-refractivity contribution < 1.29 is 22.0 Å². The molecule has 0 saturated carbocycles.